The molecule has 0 bridgehead atoms. The van der Waals surface area contributed by atoms with Crippen molar-refractivity contribution in [2.75, 3.05) is 55.6 Å². The van der Waals surface area contributed by atoms with Gasteiger partial charge in [0.15, 0.2) is 11.6 Å². The number of rotatable bonds is 4. The number of hydrogen-bond acceptors (Lipinski definition) is 8. The Hall–Kier alpha value is -3.06. The second-order valence-electron chi connectivity index (χ2n) is 8.72. The summed E-state index contributed by atoms with van der Waals surface area (Å²) in [7, 11) is 0. The van der Waals surface area contributed by atoms with E-state index in [4.69, 9.17) is 16.3 Å². The Balaban J connectivity index is 1.26. The van der Waals surface area contributed by atoms with E-state index in [0.717, 1.165) is 55.5 Å². The van der Waals surface area contributed by atoms with Crippen LogP contribution in [0, 0.1) is 17.1 Å². The Morgan fingerprint density at radius 2 is 1.97 bits per heavy atom. The van der Waals surface area contributed by atoms with E-state index in [0.29, 0.717) is 18.7 Å². The minimum atomic E-state index is -0.456. The van der Waals surface area contributed by atoms with Gasteiger partial charge in [-0.2, -0.15) is 10.2 Å². The maximum Gasteiger partial charge on any atom is 0.224 e. The van der Waals surface area contributed by atoms with Crippen LogP contribution in [0.2, 0.25) is 5.28 Å². The molecule has 2 aromatic heterocycles. The smallest absolute Gasteiger partial charge is 0.224 e. The van der Waals surface area contributed by atoms with Gasteiger partial charge in [-0.05, 0) is 42.8 Å². The van der Waals surface area contributed by atoms with Gasteiger partial charge in [0.05, 0.1) is 29.5 Å². The number of anilines is 2. The maximum absolute atomic E-state index is 14.1. The molecule has 4 heterocycles. The number of ether oxygens (including phenoxy) is 1. The molecule has 0 amide bonds. The number of benzene rings is 1. The van der Waals surface area contributed by atoms with Gasteiger partial charge in [0, 0.05) is 63.1 Å². The second-order valence-corrected chi connectivity index (χ2v) is 9.05. The summed E-state index contributed by atoms with van der Waals surface area (Å²) in [4.78, 5) is 18.8. The highest BCUT2D eigenvalue weighted by atomic mass is 35.5. The van der Waals surface area contributed by atoms with Crippen LogP contribution in [-0.4, -0.2) is 77.9 Å². The third-order valence-electron chi connectivity index (χ3n) is 6.36. The van der Waals surface area contributed by atoms with Crippen LogP contribution in [0.15, 0.2) is 36.7 Å². The molecule has 2 saturated heterocycles. The monoisotopic (exact) mass is 481 g/mol. The number of nitriles is 1. The second kappa shape index (κ2) is 9.66. The van der Waals surface area contributed by atoms with Crippen molar-refractivity contribution in [2.45, 2.75) is 19.1 Å². The van der Waals surface area contributed by atoms with Crippen molar-refractivity contribution in [3.05, 3.63) is 53.3 Å². The first-order valence-corrected chi connectivity index (χ1v) is 11.7. The Morgan fingerprint density at radius 1 is 1.15 bits per heavy atom. The summed E-state index contributed by atoms with van der Waals surface area (Å²) in [5.74, 6) is -0.197. The fourth-order valence-electron chi connectivity index (χ4n) is 4.86. The lowest BCUT2D eigenvalue weighted by Gasteiger charge is -2.42. The van der Waals surface area contributed by atoms with E-state index in [-0.39, 0.29) is 23.3 Å². The quantitative estimate of drug-likeness (QED) is 0.526. The molecule has 0 saturated carbocycles. The zero-order valence-corrected chi connectivity index (χ0v) is 19.6. The standard InChI is InChI=1S/C24H25ClFN7O/c1-16-13-33(21-5-4-17(11-27)22-19(21)3-2-6-28-22)15-18(34-16)14-31-7-9-32(10-8-31)23-20(26)12-29-24(25)30-23/h2-6,12,16,18H,7-10,13-15H2,1H3/t16-,18+/m1/s1. The van der Waals surface area contributed by atoms with Crippen LogP contribution in [-0.2, 0) is 4.74 Å². The van der Waals surface area contributed by atoms with Gasteiger partial charge in [-0.1, -0.05) is 0 Å². The van der Waals surface area contributed by atoms with E-state index in [9.17, 15) is 9.65 Å². The number of aromatic nitrogens is 3. The zero-order chi connectivity index (χ0) is 23.7. The Bertz CT molecular complexity index is 1230. The highest BCUT2D eigenvalue weighted by molar-refractivity contribution is 6.28. The first-order chi connectivity index (χ1) is 16.5. The highest BCUT2D eigenvalue weighted by Crippen LogP contribution is 2.30. The molecule has 2 atom stereocenters. The van der Waals surface area contributed by atoms with E-state index >= 15 is 0 Å². The normalized spacial score (nSPS) is 21.6. The Labute approximate surface area is 202 Å². The van der Waals surface area contributed by atoms with E-state index in [1.807, 2.05) is 29.2 Å². The average Bonchev–Trinajstić information content (AvgIpc) is 2.85. The molecule has 176 valence electrons. The minimum absolute atomic E-state index is 0.0305. The predicted octanol–water partition coefficient (Wildman–Crippen LogP) is 3.10. The molecule has 3 aromatic rings. The van der Waals surface area contributed by atoms with Gasteiger partial charge in [-0.3, -0.25) is 9.88 Å². The van der Waals surface area contributed by atoms with Crippen molar-refractivity contribution in [1.29, 1.82) is 5.26 Å². The molecule has 0 radical (unpaired) electrons. The van der Waals surface area contributed by atoms with Gasteiger partial charge < -0.3 is 14.5 Å². The number of pyridine rings is 1. The minimum Gasteiger partial charge on any atom is -0.370 e. The number of piperazine rings is 1. The van der Waals surface area contributed by atoms with Crippen LogP contribution in [0.5, 0.6) is 0 Å². The summed E-state index contributed by atoms with van der Waals surface area (Å²) in [5, 5.41) is 10.5. The van der Waals surface area contributed by atoms with Crippen molar-refractivity contribution < 1.29 is 9.13 Å². The van der Waals surface area contributed by atoms with Crippen molar-refractivity contribution in [3.63, 3.8) is 0 Å². The lowest BCUT2D eigenvalue weighted by molar-refractivity contribution is -0.0327. The van der Waals surface area contributed by atoms with Gasteiger partial charge in [0.25, 0.3) is 0 Å². The SMILES string of the molecule is C[C@@H]1CN(c2ccc(C#N)c3ncccc23)C[C@H](CN2CCN(c3nc(Cl)ncc3F)CC2)O1. The number of halogens is 2. The fourth-order valence-corrected chi connectivity index (χ4v) is 4.98. The molecule has 0 N–H and O–H groups in total. The molecule has 0 spiro atoms. The van der Waals surface area contributed by atoms with Crippen LogP contribution < -0.4 is 9.80 Å². The molecule has 2 aliphatic heterocycles. The van der Waals surface area contributed by atoms with Gasteiger partial charge in [-0.25, -0.2) is 9.37 Å². The van der Waals surface area contributed by atoms with Gasteiger partial charge in [0.1, 0.15) is 6.07 Å². The third kappa shape index (κ3) is 4.62. The summed E-state index contributed by atoms with van der Waals surface area (Å²) in [5.41, 5.74) is 2.38. The van der Waals surface area contributed by atoms with Gasteiger partial charge in [0.2, 0.25) is 5.28 Å². The largest absolute Gasteiger partial charge is 0.370 e. The zero-order valence-electron chi connectivity index (χ0n) is 18.9. The number of morpholine rings is 1. The van der Waals surface area contributed by atoms with Crippen LogP contribution in [0.3, 0.4) is 0 Å². The first kappa shape index (κ1) is 22.7. The average molecular weight is 482 g/mol. The molecule has 34 heavy (non-hydrogen) atoms. The summed E-state index contributed by atoms with van der Waals surface area (Å²) in [6.07, 6.45) is 2.94. The van der Waals surface area contributed by atoms with Crippen molar-refractivity contribution in [1.82, 2.24) is 19.9 Å². The summed E-state index contributed by atoms with van der Waals surface area (Å²) < 4.78 is 20.4. The lowest BCUT2D eigenvalue weighted by atomic mass is 10.1. The number of hydrogen-bond donors (Lipinski definition) is 0. The highest BCUT2D eigenvalue weighted by Gasteiger charge is 2.30. The number of fused-ring (bicyclic) bond motifs is 1. The molecular formula is C24H25ClFN7O. The molecule has 8 nitrogen and oxygen atoms in total. The van der Waals surface area contributed by atoms with Crippen molar-refractivity contribution >= 4 is 34.0 Å². The Kier molecular flexibility index (Phi) is 6.46. The lowest BCUT2D eigenvalue weighted by Crippen LogP contribution is -2.54. The molecule has 2 fully saturated rings. The summed E-state index contributed by atoms with van der Waals surface area (Å²) >= 11 is 5.86. The first-order valence-electron chi connectivity index (χ1n) is 11.4. The van der Waals surface area contributed by atoms with E-state index < -0.39 is 5.82 Å². The molecule has 0 unspecified atom stereocenters. The molecule has 0 aliphatic carbocycles. The maximum atomic E-state index is 14.1. The fraction of sp³-hybridized carbons (Fsp3) is 0.417. The summed E-state index contributed by atoms with van der Waals surface area (Å²) in [6, 6.07) is 10.0. The molecular weight excluding hydrogens is 457 g/mol. The van der Waals surface area contributed by atoms with E-state index in [2.05, 4.69) is 37.7 Å². The van der Waals surface area contributed by atoms with Crippen molar-refractivity contribution in [2.24, 2.45) is 0 Å². The third-order valence-corrected chi connectivity index (χ3v) is 6.55. The van der Waals surface area contributed by atoms with Crippen LogP contribution >= 0.6 is 11.6 Å². The molecule has 1 aromatic carbocycles. The number of nitrogens with zero attached hydrogens (tertiary/aromatic N) is 7. The van der Waals surface area contributed by atoms with E-state index in [1.165, 1.54) is 0 Å². The molecule has 5 rings (SSSR count). The Morgan fingerprint density at radius 3 is 2.76 bits per heavy atom. The molecule has 10 heteroatoms. The summed E-state index contributed by atoms with van der Waals surface area (Å²) in [6.45, 7) is 7.25. The topological polar surface area (TPSA) is 81.4 Å². The van der Waals surface area contributed by atoms with Crippen LogP contribution in [0.1, 0.15) is 12.5 Å². The van der Waals surface area contributed by atoms with Crippen LogP contribution in [0.4, 0.5) is 15.9 Å². The van der Waals surface area contributed by atoms with Gasteiger partial charge in [-0.15, -0.1) is 0 Å². The van der Waals surface area contributed by atoms with Crippen LogP contribution in [0.25, 0.3) is 10.9 Å². The predicted molar refractivity (Wildman–Crippen MR) is 129 cm³/mol. The van der Waals surface area contributed by atoms with E-state index in [1.54, 1.807) is 6.20 Å². The van der Waals surface area contributed by atoms with Gasteiger partial charge >= 0.3 is 0 Å². The molecule has 2 aliphatic rings. The van der Waals surface area contributed by atoms with Crippen molar-refractivity contribution in [3.8, 4) is 6.07 Å².